The Morgan fingerprint density at radius 3 is 2.76 bits per heavy atom. The minimum Gasteiger partial charge on any atom is -0.486 e. The average Bonchev–Trinajstić information content (AvgIpc) is 2.74. The lowest BCUT2D eigenvalue weighted by atomic mass is 10.2. The summed E-state index contributed by atoms with van der Waals surface area (Å²) in [4.78, 5) is 38.8. The maximum absolute atomic E-state index is 12.2. The molecule has 2 aromatic rings. The molecule has 2 aliphatic heterocycles. The monoisotopic (exact) mass is 414 g/mol. The normalized spacial score (nSPS) is 14.8. The van der Waals surface area contributed by atoms with Crippen molar-refractivity contribution in [2.24, 2.45) is 0 Å². The van der Waals surface area contributed by atoms with Crippen molar-refractivity contribution >= 4 is 40.9 Å². The van der Waals surface area contributed by atoms with Gasteiger partial charge < -0.3 is 19.5 Å². The highest BCUT2D eigenvalue weighted by Crippen LogP contribution is 2.35. The lowest BCUT2D eigenvalue weighted by Gasteiger charge is -2.27. The van der Waals surface area contributed by atoms with Crippen molar-refractivity contribution in [1.82, 2.24) is 0 Å². The maximum atomic E-state index is 12.2. The molecule has 0 saturated carbocycles. The number of anilines is 2. The summed E-state index contributed by atoms with van der Waals surface area (Å²) in [5.74, 6) is 0.103. The van der Waals surface area contributed by atoms with Crippen LogP contribution < -0.4 is 19.7 Å². The van der Waals surface area contributed by atoms with Crippen LogP contribution in [0, 0.1) is 0 Å². The van der Waals surface area contributed by atoms with Gasteiger partial charge in [0, 0.05) is 16.6 Å². The highest BCUT2D eigenvalue weighted by atomic mass is 32.2. The third-order valence-corrected chi connectivity index (χ3v) is 5.33. The number of para-hydroxylation sites is 1. The lowest BCUT2D eigenvalue weighted by Crippen LogP contribution is -2.40. The average molecular weight is 414 g/mol. The van der Waals surface area contributed by atoms with E-state index in [-0.39, 0.29) is 18.2 Å². The van der Waals surface area contributed by atoms with Crippen LogP contribution in [0.15, 0.2) is 47.4 Å². The van der Waals surface area contributed by atoms with Crippen LogP contribution in [-0.4, -0.2) is 49.9 Å². The fraction of sp³-hybridized carbons (Fsp3) is 0.250. The summed E-state index contributed by atoms with van der Waals surface area (Å²) in [6, 6.07) is 12.4. The summed E-state index contributed by atoms with van der Waals surface area (Å²) in [5, 5.41) is 2.64. The minimum absolute atomic E-state index is 0.175. The number of benzene rings is 2. The number of amides is 2. The summed E-state index contributed by atoms with van der Waals surface area (Å²) >= 11 is 1.43. The fourth-order valence-corrected chi connectivity index (χ4v) is 3.90. The summed E-state index contributed by atoms with van der Waals surface area (Å²) in [7, 11) is 0. The number of carbonyl (C=O) groups excluding carboxylic acids is 3. The van der Waals surface area contributed by atoms with Crippen molar-refractivity contribution in [1.29, 1.82) is 0 Å². The van der Waals surface area contributed by atoms with E-state index < -0.39 is 18.5 Å². The molecule has 0 radical (unpaired) electrons. The number of nitrogens with zero attached hydrogens (tertiary/aromatic N) is 1. The Balaban J connectivity index is 1.31. The summed E-state index contributed by atoms with van der Waals surface area (Å²) < 4.78 is 15.9. The Labute approximate surface area is 171 Å². The highest BCUT2D eigenvalue weighted by molar-refractivity contribution is 8.00. The second kappa shape index (κ2) is 8.44. The zero-order chi connectivity index (χ0) is 20.2. The molecule has 2 aromatic carbocycles. The van der Waals surface area contributed by atoms with E-state index in [1.54, 1.807) is 30.3 Å². The van der Waals surface area contributed by atoms with Gasteiger partial charge in [-0.2, -0.15) is 0 Å². The molecule has 0 fully saturated rings. The number of carbonyl (C=O) groups is 3. The number of hydrogen-bond acceptors (Lipinski definition) is 7. The number of fused-ring (bicyclic) bond motifs is 2. The molecule has 0 aliphatic carbocycles. The van der Waals surface area contributed by atoms with Crippen molar-refractivity contribution < 1.29 is 28.6 Å². The molecule has 0 bridgehead atoms. The number of rotatable bonds is 5. The Morgan fingerprint density at radius 1 is 1.10 bits per heavy atom. The minimum atomic E-state index is -0.655. The first kappa shape index (κ1) is 19.1. The van der Waals surface area contributed by atoms with Crippen LogP contribution in [0.4, 0.5) is 11.4 Å². The van der Waals surface area contributed by atoms with Gasteiger partial charge in [-0.15, -0.1) is 11.8 Å². The number of hydrogen-bond donors (Lipinski definition) is 1. The molecule has 0 aromatic heterocycles. The first-order valence-corrected chi connectivity index (χ1v) is 9.96. The van der Waals surface area contributed by atoms with E-state index in [1.165, 1.54) is 16.7 Å². The molecular weight excluding hydrogens is 396 g/mol. The van der Waals surface area contributed by atoms with Gasteiger partial charge in [-0.05, 0) is 24.3 Å². The van der Waals surface area contributed by atoms with Gasteiger partial charge in [0.05, 0.1) is 11.4 Å². The summed E-state index contributed by atoms with van der Waals surface area (Å²) in [6.45, 7) is 0.232. The van der Waals surface area contributed by atoms with E-state index in [0.29, 0.717) is 36.1 Å². The molecule has 9 heteroatoms. The smallest absolute Gasteiger partial charge is 0.326 e. The van der Waals surface area contributed by atoms with E-state index in [9.17, 15) is 14.4 Å². The number of esters is 1. The number of nitrogens with one attached hydrogen (secondary N) is 1. The first-order chi connectivity index (χ1) is 14.1. The molecule has 4 rings (SSSR count). The van der Waals surface area contributed by atoms with Gasteiger partial charge in [0.1, 0.15) is 19.8 Å². The zero-order valence-electron chi connectivity index (χ0n) is 15.4. The molecule has 0 atom stereocenters. The van der Waals surface area contributed by atoms with Gasteiger partial charge in [0.25, 0.3) is 5.91 Å². The van der Waals surface area contributed by atoms with Crippen LogP contribution in [0.5, 0.6) is 11.5 Å². The molecule has 0 saturated heterocycles. The van der Waals surface area contributed by atoms with Gasteiger partial charge in [0.15, 0.2) is 18.1 Å². The number of ether oxygens (including phenoxy) is 3. The van der Waals surface area contributed by atoms with E-state index >= 15 is 0 Å². The van der Waals surface area contributed by atoms with Gasteiger partial charge in [0.2, 0.25) is 5.91 Å². The topological polar surface area (TPSA) is 94.2 Å². The number of thioether (sulfide) groups is 1. The molecule has 0 unspecified atom stereocenters. The fourth-order valence-electron chi connectivity index (χ4n) is 2.97. The highest BCUT2D eigenvalue weighted by Gasteiger charge is 2.27. The Bertz CT molecular complexity index is 964. The molecule has 2 aliphatic rings. The van der Waals surface area contributed by atoms with E-state index in [1.807, 2.05) is 12.1 Å². The van der Waals surface area contributed by atoms with Crippen LogP contribution in [-0.2, 0) is 19.1 Å². The van der Waals surface area contributed by atoms with Crippen LogP contribution in [0.3, 0.4) is 0 Å². The van der Waals surface area contributed by atoms with Gasteiger partial charge in [-0.25, -0.2) is 0 Å². The maximum Gasteiger partial charge on any atom is 0.326 e. The SMILES string of the molecule is O=C(COC(=O)CN1C(=O)CSc2ccccc21)Nc1ccc2c(c1)OCCO2. The van der Waals surface area contributed by atoms with Gasteiger partial charge in [-0.1, -0.05) is 12.1 Å². The summed E-state index contributed by atoms with van der Waals surface area (Å²) in [6.07, 6.45) is 0. The predicted molar refractivity (Wildman–Crippen MR) is 107 cm³/mol. The van der Waals surface area contributed by atoms with Crippen molar-refractivity contribution in [2.45, 2.75) is 4.90 Å². The van der Waals surface area contributed by atoms with Gasteiger partial charge in [-0.3, -0.25) is 19.3 Å². The van der Waals surface area contributed by atoms with E-state index in [0.717, 1.165) is 4.90 Å². The quantitative estimate of drug-likeness (QED) is 0.749. The van der Waals surface area contributed by atoms with Gasteiger partial charge >= 0.3 is 5.97 Å². The van der Waals surface area contributed by atoms with Crippen LogP contribution in [0.25, 0.3) is 0 Å². The van der Waals surface area contributed by atoms with Crippen LogP contribution in [0.2, 0.25) is 0 Å². The Kier molecular flexibility index (Phi) is 5.57. The second-order valence-corrected chi connectivity index (χ2v) is 7.32. The molecule has 2 heterocycles. The molecule has 1 N–H and O–H groups in total. The van der Waals surface area contributed by atoms with Crippen molar-refractivity contribution in [3.8, 4) is 11.5 Å². The molecule has 0 spiro atoms. The molecule has 2 amide bonds. The first-order valence-electron chi connectivity index (χ1n) is 8.97. The zero-order valence-corrected chi connectivity index (χ0v) is 16.2. The predicted octanol–water partition coefficient (Wildman–Crippen LogP) is 2.08. The standard InChI is InChI=1S/C20H18N2O6S/c23-18(21-13-5-6-15-16(9-13)27-8-7-26-15)11-28-20(25)10-22-14-3-1-2-4-17(14)29-12-19(22)24/h1-6,9H,7-8,10-12H2,(H,21,23). The van der Waals surface area contributed by atoms with Crippen molar-refractivity contribution in [3.63, 3.8) is 0 Å². The molecule has 29 heavy (non-hydrogen) atoms. The molecule has 8 nitrogen and oxygen atoms in total. The third-order valence-electron chi connectivity index (χ3n) is 4.29. The Morgan fingerprint density at radius 2 is 1.90 bits per heavy atom. The van der Waals surface area contributed by atoms with Crippen LogP contribution >= 0.6 is 11.8 Å². The molecule has 150 valence electrons. The second-order valence-electron chi connectivity index (χ2n) is 6.30. The Hall–Kier alpha value is -3.20. The van der Waals surface area contributed by atoms with Crippen molar-refractivity contribution in [3.05, 3.63) is 42.5 Å². The van der Waals surface area contributed by atoms with E-state index in [4.69, 9.17) is 14.2 Å². The lowest BCUT2D eigenvalue weighted by molar-refractivity contribution is -0.146. The third kappa shape index (κ3) is 4.45. The van der Waals surface area contributed by atoms with E-state index in [2.05, 4.69) is 5.32 Å². The summed E-state index contributed by atoms with van der Waals surface area (Å²) in [5.41, 5.74) is 1.18. The van der Waals surface area contributed by atoms with Crippen molar-refractivity contribution in [2.75, 3.05) is 42.3 Å². The largest absolute Gasteiger partial charge is 0.486 e. The molecular formula is C20H18N2O6S. The van der Waals surface area contributed by atoms with Crippen LogP contribution in [0.1, 0.15) is 0 Å².